The van der Waals surface area contributed by atoms with Gasteiger partial charge in [0.05, 0.1) is 12.0 Å². The van der Waals surface area contributed by atoms with Crippen LogP contribution in [-0.2, 0) is 9.59 Å². The van der Waals surface area contributed by atoms with Gasteiger partial charge in [0.2, 0.25) is 0 Å². The van der Waals surface area contributed by atoms with Crippen LogP contribution < -0.4 is 10.6 Å². The fourth-order valence-corrected chi connectivity index (χ4v) is 3.03. The van der Waals surface area contributed by atoms with Gasteiger partial charge in [0, 0.05) is 17.9 Å². The van der Waals surface area contributed by atoms with E-state index in [0.717, 1.165) is 22.5 Å². The Labute approximate surface area is 163 Å². The molecule has 1 atom stereocenters. The molecule has 0 fully saturated rings. The molecule has 2 N–H and O–H groups in total. The van der Waals surface area contributed by atoms with Crippen molar-refractivity contribution in [2.75, 3.05) is 11.9 Å². The molecule has 0 aliphatic heterocycles. The molecule has 0 radical (unpaired) electrons. The van der Waals surface area contributed by atoms with E-state index in [2.05, 4.69) is 15.7 Å². The van der Waals surface area contributed by atoms with E-state index in [9.17, 15) is 9.59 Å². The first-order valence-electron chi connectivity index (χ1n) is 9.07. The highest BCUT2D eigenvalue weighted by molar-refractivity contribution is 6.39. The van der Waals surface area contributed by atoms with Crippen LogP contribution in [0.15, 0.2) is 47.1 Å². The van der Waals surface area contributed by atoms with Crippen LogP contribution in [-0.4, -0.2) is 28.1 Å². The van der Waals surface area contributed by atoms with Crippen molar-refractivity contribution in [3.8, 4) is 0 Å². The Kier molecular flexibility index (Phi) is 5.63. The summed E-state index contributed by atoms with van der Waals surface area (Å²) in [5.74, 6) is -0.771. The lowest BCUT2D eigenvalue weighted by Gasteiger charge is -2.18. The van der Waals surface area contributed by atoms with Crippen LogP contribution in [0.4, 0.5) is 5.69 Å². The summed E-state index contributed by atoms with van der Waals surface area (Å²) in [5, 5.41) is 9.79. The fourth-order valence-electron chi connectivity index (χ4n) is 3.03. The van der Waals surface area contributed by atoms with Crippen molar-refractivity contribution in [3.05, 3.63) is 70.9 Å². The minimum atomic E-state index is -0.713. The van der Waals surface area contributed by atoms with E-state index in [-0.39, 0.29) is 12.6 Å². The molecule has 1 unspecified atom stereocenters. The second kappa shape index (κ2) is 8.12. The quantitative estimate of drug-likeness (QED) is 0.666. The van der Waals surface area contributed by atoms with Crippen LogP contribution in [0.5, 0.6) is 0 Å². The van der Waals surface area contributed by atoms with Crippen molar-refractivity contribution >= 4 is 17.5 Å². The van der Waals surface area contributed by atoms with E-state index in [1.165, 1.54) is 0 Å². The highest BCUT2D eigenvalue weighted by Gasteiger charge is 2.22. The number of amides is 2. The maximum atomic E-state index is 12.3. The number of aryl methyl sites for hydroxylation is 4. The molecule has 0 spiro atoms. The van der Waals surface area contributed by atoms with Crippen molar-refractivity contribution in [3.63, 3.8) is 0 Å². The molecule has 0 saturated carbocycles. The lowest BCUT2D eigenvalue weighted by atomic mass is 10.1. The van der Waals surface area contributed by atoms with Crippen molar-refractivity contribution in [1.82, 2.24) is 15.1 Å². The summed E-state index contributed by atoms with van der Waals surface area (Å²) in [6, 6.07) is 10.7. The van der Waals surface area contributed by atoms with Gasteiger partial charge in [-0.05, 0) is 69.2 Å². The van der Waals surface area contributed by atoms with Crippen LogP contribution >= 0.6 is 0 Å². The molecule has 0 aliphatic rings. The first-order chi connectivity index (χ1) is 13.3. The molecule has 0 aliphatic carbocycles. The predicted octanol–water partition coefficient (Wildman–Crippen LogP) is 3.05. The standard InChI is InChI=1S/C21H24N4O3/c1-13-7-8-17(10-14(13)2)23-21(27)20(26)22-12-18(19-6-5-9-28-19)25-16(4)11-15(3)24-25/h5-11,18H,12H2,1-4H3,(H,22,26)(H,23,27). The van der Waals surface area contributed by atoms with Gasteiger partial charge in [-0.25, -0.2) is 0 Å². The summed E-state index contributed by atoms with van der Waals surface area (Å²) in [5.41, 5.74) is 4.55. The summed E-state index contributed by atoms with van der Waals surface area (Å²) in [6.07, 6.45) is 1.57. The number of furan rings is 1. The van der Waals surface area contributed by atoms with Crippen molar-refractivity contribution in [2.45, 2.75) is 33.7 Å². The third-order valence-electron chi connectivity index (χ3n) is 4.64. The fraction of sp³-hybridized carbons (Fsp3) is 0.286. The Balaban J connectivity index is 1.68. The van der Waals surface area contributed by atoms with Gasteiger partial charge in [0.15, 0.2) is 0 Å². The summed E-state index contributed by atoms with van der Waals surface area (Å²) < 4.78 is 7.30. The Morgan fingerprint density at radius 2 is 1.86 bits per heavy atom. The number of anilines is 1. The second-order valence-electron chi connectivity index (χ2n) is 6.87. The number of rotatable bonds is 5. The number of hydrogen-bond donors (Lipinski definition) is 2. The summed E-state index contributed by atoms with van der Waals surface area (Å²) in [7, 11) is 0. The zero-order chi connectivity index (χ0) is 20.3. The van der Waals surface area contributed by atoms with E-state index in [1.807, 2.05) is 52.0 Å². The van der Waals surface area contributed by atoms with Crippen LogP contribution in [0, 0.1) is 27.7 Å². The van der Waals surface area contributed by atoms with Gasteiger partial charge < -0.3 is 15.1 Å². The van der Waals surface area contributed by atoms with Crippen LogP contribution in [0.3, 0.4) is 0 Å². The Morgan fingerprint density at radius 3 is 2.46 bits per heavy atom. The van der Waals surface area contributed by atoms with Gasteiger partial charge in [0.1, 0.15) is 11.8 Å². The van der Waals surface area contributed by atoms with E-state index >= 15 is 0 Å². The lowest BCUT2D eigenvalue weighted by molar-refractivity contribution is -0.136. The molecule has 1 aromatic carbocycles. The average Bonchev–Trinajstić information content (AvgIpc) is 3.28. The highest BCUT2D eigenvalue weighted by Crippen LogP contribution is 2.20. The third-order valence-corrected chi connectivity index (χ3v) is 4.64. The average molecular weight is 380 g/mol. The van der Waals surface area contributed by atoms with Gasteiger partial charge in [-0.15, -0.1) is 0 Å². The maximum Gasteiger partial charge on any atom is 0.313 e. The first kappa shape index (κ1) is 19.4. The number of nitrogens with zero attached hydrogens (tertiary/aromatic N) is 2. The number of aromatic nitrogens is 2. The van der Waals surface area contributed by atoms with Gasteiger partial charge in [0.25, 0.3) is 0 Å². The molecule has 0 bridgehead atoms. The van der Waals surface area contributed by atoms with Crippen LogP contribution in [0.25, 0.3) is 0 Å². The molecule has 2 aromatic heterocycles. The summed E-state index contributed by atoms with van der Waals surface area (Å²) in [6.45, 7) is 7.95. The molecule has 146 valence electrons. The number of nitrogens with one attached hydrogen (secondary N) is 2. The summed E-state index contributed by atoms with van der Waals surface area (Å²) in [4.78, 5) is 24.6. The minimum absolute atomic E-state index is 0.175. The van der Waals surface area contributed by atoms with Crippen molar-refractivity contribution in [2.24, 2.45) is 0 Å². The Hall–Kier alpha value is -3.35. The molecule has 2 amide bonds. The Bertz CT molecular complexity index is 989. The highest BCUT2D eigenvalue weighted by atomic mass is 16.3. The maximum absolute atomic E-state index is 12.3. The normalized spacial score (nSPS) is 11.9. The number of carbonyl (C=O) groups is 2. The van der Waals surface area contributed by atoms with E-state index in [4.69, 9.17) is 4.42 Å². The predicted molar refractivity (Wildman–Crippen MR) is 106 cm³/mol. The molecular formula is C21H24N4O3. The Morgan fingerprint density at radius 1 is 1.07 bits per heavy atom. The first-order valence-corrected chi connectivity index (χ1v) is 9.07. The third kappa shape index (κ3) is 4.31. The SMILES string of the molecule is Cc1cc(C)n(C(CNC(=O)C(=O)Nc2ccc(C)c(C)c2)c2ccco2)n1. The molecule has 3 aromatic rings. The van der Waals surface area contributed by atoms with Gasteiger partial charge >= 0.3 is 11.8 Å². The topological polar surface area (TPSA) is 89.2 Å². The van der Waals surface area contributed by atoms with Gasteiger partial charge in [-0.2, -0.15) is 5.10 Å². The monoisotopic (exact) mass is 380 g/mol. The molecule has 0 saturated heterocycles. The number of benzene rings is 1. The van der Waals surface area contributed by atoms with Gasteiger partial charge in [-0.1, -0.05) is 6.07 Å². The molecule has 2 heterocycles. The number of hydrogen-bond acceptors (Lipinski definition) is 4. The zero-order valence-electron chi connectivity index (χ0n) is 16.4. The zero-order valence-corrected chi connectivity index (χ0v) is 16.4. The largest absolute Gasteiger partial charge is 0.467 e. The van der Waals surface area contributed by atoms with E-state index in [1.54, 1.807) is 23.1 Å². The molecule has 28 heavy (non-hydrogen) atoms. The van der Waals surface area contributed by atoms with Crippen molar-refractivity contribution < 1.29 is 14.0 Å². The molecule has 7 heteroatoms. The lowest BCUT2D eigenvalue weighted by Crippen LogP contribution is -2.39. The van der Waals surface area contributed by atoms with Crippen LogP contribution in [0.1, 0.15) is 34.3 Å². The molecule has 7 nitrogen and oxygen atoms in total. The minimum Gasteiger partial charge on any atom is -0.467 e. The van der Waals surface area contributed by atoms with E-state index in [0.29, 0.717) is 11.4 Å². The molecular weight excluding hydrogens is 356 g/mol. The second-order valence-corrected chi connectivity index (χ2v) is 6.87. The van der Waals surface area contributed by atoms with Gasteiger partial charge in [-0.3, -0.25) is 14.3 Å². The molecule has 3 rings (SSSR count). The number of carbonyl (C=O) groups excluding carboxylic acids is 2. The summed E-state index contributed by atoms with van der Waals surface area (Å²) >= 11 is 0. The van der Waals surface area contributed by atoms with Crippen LogP contribution in [0.2, 0.25) is 0 Å². The van der Waals surface area contributed by atoms with Crippen molar-refractivity contribution in [1.29, 1.82) is 0 Å². The van der Waals surface area contributed by atoms with E-state index < -0.39 is 11.8 Å². The smallest absolute Gasteiger partial charge is 0.313 e.